The lowest BCUT2D eigenvalue weighted by atomic mass is 9.46. The molecule has 5 rings (SSSR count). The fourth-order valence-electron chi connectivity index (χ4n) is 10.6. The van der Waals surface area contributed by atoms with Crippen LogP contribution in [0.15, 0.2) is 0 Å². The quantitative estimate of drug-likeness (QED) is 0.446. The molecule has 0 heterocycles. The Morgan fingerprint density at radius 2 is 1.82 bits per heavy atom. The van der Waals surface area contributed by atoms with Gasteiger partial charge < -0.3 is 20.6 Å². The monoisotopic (exact) mass is 475 g/mol. The molecule has 34 heavy (non-hydrogen) atoms. The molecule has 5 fully saturated rings. The molecule has 5 aliphatic rings. The molecule has 6 heteroatoms. The van der Waals surface area contributed by atoms with Crippen molar-refractivity contribution >= 4 is 11.9 Å². The number of hydrogen-bond donors (Lipinski definition) is 4. The molecule has 192 valence electrons. The van der Waals surface area contributed by atoms with E-state index in [1.807, 2.05) is 0 Å². The minimum Gasteiger partial charge on any atom is -0.480 e. The Balaban J connectivity index is 1.32. The second-order valence-corrected chi connectivity index (χ2v) is 13.1. The van der Waals surface area contributed by atoms with Gasteiger partial charge in [-0.2, -0.15) is 0 Å². The molecule has 0 radical (unpaired) electrons. The van der Waals surface area contributed by atoms with E-state index in [0.717, 1.165) is 32.1 Å². The molecule has 11 atom stereocenters. The van der Waals surface area contributed by atoms with Crippen LogP contribution in [0.4, 0.5) is 0 Å². The lowest BCUT2D eigenvalue weighted by Gasteiger charge is -2.60. The van der Waals surface area contributed by atoms with E-state index in [9.17, 15) is 19.8 Å². The van der Waals surface area contributed by atoms with Gasteiger partial charge in [0.05, 0.1) is 12.2 Å². The predicted molar refractivity (Wildman–Crippen MR) is 129 cm³/mol. The van der Waals surface area contributed by atoms with Gasteiger partial charge in [0.2, 0.25) is 5.91 Å². The first-order valence-electron chi connectivity index (χ1n) is 13.9. The number of carbonyl (C=O) groups excluding carboxylic acids is 1. The second kappa shape index (κ2) is 8.47. The molecule has 5 aliphatic carbocycles. The molecular weight excluding hydrogens is 430 g/mol. The molecular formula is C28H45NO5. The third kappa shape index (κ3) is 3.41. The highest BCUT2D eigenvalue weighted by Crippen LogP contribution is 2.86. The Hall–Kier alpha value is -1.14. The zero-order valence-electron chi connectivity index (χ0n) is 21.3. The molecule has 2 spiro atoms. The fourth-order valence-corrected chi connectivity index (χ4v) is 10.6. The van der Waals surface area contributed by atoms with Crippen molar-refractivity contribution in [2.24, 2.45) is 51.8 Å². The first-order valence-corrected chi connectivity index (χ1v) is 13.9. The van der Waals surface area contributed by atoms with Crippen LogP contribution in [0, 0.1) is 51.8 Å². The maximum absolute atomic E-state index is 12.1. The number of carboxylic acids is 1. The summed E-state index contributed by atoms with van der Waals surface area (Å²) < 4.78 is 0. The molecule has 0 aromatic carbocycles. The number of carbonyl (C=O) groups is 2. The molecule has 0 saturated heterocycles. The van der Waals surface area contributed by atoms with Crippen molar-refractivity contribution in [3.63, 3.8) is 0 Å². The highest BCUT2D eigenvalue weighted by atomic mass is 16.4. The van der Waals surface area contributed by atoms with Gasteiger partial charge in [-0.3, -0.25) is 9.59 Å². The molecule has 0 aromatic rings. The minimum absolute atomic E-state index is 0.171. The summed E-state index contributed by atoms with van der Waals surface area (Å²) in [5.41, 5.74) is 0.864. The molecule has 0 aliphatic heterocycles. The molecule has 0 aromatic heterocycles. The van der Waals surface area contributed by atoms with Crippen LogP contribution in [-0.4, -0.2) is 45.9 Å². The third-order valence-electron chi connectivity index (χ3n) is 12.1. The Morgan fingerprint density at radius 1 is 1.06 bits per heavy atom. The van der Waals surface area contributed by atoms with Crippen LogP contribution in [-0.2, 0) is 9.59 Å². The van der Waals surface area contributed by atoms with Crippen molar-refractivity contribution < 1.29 is 24.9 Å². The summed E-state index contributed by atoms with van der Waals surface area (Å²) in [5, 5.41) is 33.6. The lowest BCUT2D eigenvalue weighted by Crippen LogP contribution is -2.58. The molecule has 4 N–H and O–H groups in total. The molecule has 5 saturated carbocycles. The van der Waals surface area contributed by atoms with Gasteiger partial charge in [-0.1, -0.05) is 27.2 Å². The fraction of sp³-hybridized carbons (Fsp3) is 0.929. The van der Waals surface area contributed by atoms with E-state index < -0.39 is 5.97 Å². The number of aliphatic hydroxyl groups is 2. The molecule has 0 bridgehead atoms. The molecule has 6 nitrogen and oxygen atoms in total. The highest BCUT2D eigenvalue weighted by Gasteiger charge is 2.81. The van der Waals surface area contributed by atoms with Crippen LogP contribution in [0.5, 0.6) is 0 Å². The van der Waals surface area contributed by atoms with Crippen LogP contribution in [0.2, 0.25) is 0 Å². The average Bonchev–Trinajstić information content (AvgIpc) is 3.30. The number of nitrogens with one attached hydrogen (secondary N) is 1. The van der Waals surface area contributed by atoms with Gasteiger partial charge in [-0.25, -0.2) is 0 Å². The van der Waals surface area contributed by atoms with E-state index in [0.29, 0.717) is 52.8 Å². The predicted octanol–water partition coefficient (Wildman–Crippen LogP) is 3.98. The Morgan fingerprint density at radius 3 is 2.53 bits per heavy atom. The zero-order chi connectivity index (χ0) is 24.5. The largest absolute Gasteiger partial charge is 0.480 e. The number of fused-ring (bicyclic) bond motifs is 2. The summed E-state index contributed by atoms with van der Waals surface area (Å²) in [6.07, 6.45) is 10.7. The summed E-state index contributed by atoms with van der Waals surface area (Å²) in [5.74, 6) is 1.51. The minimum atomic E-state index is -1.01. The van der Waals surface area contributed by atoms with Gasteiger partial charge in [-0.15, -0.1) is 0 Å². The number of carboxylic acid groups (broad SMARTS) is 1. The van der Waals surface area contributed by atoms with Gasteiger partial charge in [0.1, 0.15) is 6.54 Å². The van der Waals surface area contributed by atoms with E-state index in [4.69, 9.17) is 5.11 Å². The number of aliphatic hydroxyl groups excluding tert-OH is 2. The number of rotatable bonds is 7. The van der Waals surface area contributed by atoms with Crippen molar-refractivity contribution in [2.45, 2.75) is 104 Å². The van der Waals surface area contributed by atoms with E-state index in [1.165, 1.54) is 32.1 Å². The van der Waals surface area contributed by atoms with E-state index in [2.05, 4.69) is 26.1 Å². The van der Waals surface area contributed by atoms with E-state index in [-0.39, 0.29) is 30.1 Å². The van der Waals surface area contributed by atoms with Crippen LogP contribution >= 0.6 is 0 Å². The Labute approximate surface area is 204 Å². The standard InChI is InChI=1S/C28H45NO5/c1-4-18-21-13-17(30)9-10-27(21)15-28(27)12-11-26(3)19(6-7-20(26)24(28)25(18)34)16(2)5-8-22(31)29-14-23(32)33/h16-21,24-25,30,34H,4-15H2,1-3H3,(H,29,31)(H,32,33)/t16-,17-,18-,19?,20+,21?,24-,25-,26?,27?,28?/m1/s1. The Kier molecular flexibility index (Phi) is 6.11. The van der Waals surface area contributed by atoms with Crippen LogP contribution in [0.1, 0.15) is 91.4 Å². The second-order valence-electron chi connectivity index (χ2n) is 13.1. The lowest BCUT2D eigenvalue weighted by molar-refractivity contribution is -0.167. The van der Waals surface area contributed by atoms with Crippen LogP contribution < -0.4 is 5.32 Å². The zero-order valence-corrected chi connectivity index (χ0v) is 21.3. The van der Waals surface area contributed by atoms with Gasteiger partial charge >= 0.3 is 5.97 Å². The maximum Gasteiger partial charge on any atom is 0.322 e. The first-order chi connectivity index (χ1) is 16.1. The van der Waals surface area contributed by atoms with Gasteiger partial charge in [0.15, 0.2) is 0 Å². The Bertz CT molecular complexity index is 832. The molecule has 5 unspecified atom stereocenters. The van der Waals surface area contributed by atoms with Crippen molar-refractivity contribution in [1.82, 2.24) is 5.32 Å². The SMILES string of the molecule is CC[C@@H]1C2C[C@H](O)CCC23CC32CCC3(C)C([C@H](C)CCC(=O)NCC(=O)O)CC[C@H]3[C@@H]2[C@@H]1O. The normalized spacial score (nSPS) is 49.7. The highest BCUT2D eigenvalue weighted by molar-refractivity contribution is 5.81. The summed E-state index contributed by atoms with van der Waals surface area (Å²) in [7, 11) is 0. The van der Waals surface area contributed by atoms with E-state index >= 15 is 0 Å². The number of aliphatic carboxylic acids is 1. The van der Waals surface area contributed by atoms with Gasteiger partial charge in [0.25, 0.3) is 0 Å². The summed E-state index contributed by atoms with van der Waals surface area (Å²) in [6, 6.07) is 0. The topological polar surface area (TPSA) is 107 Å². The van der Waals surface area contributed by atoms with Crippen molar-refractivity contribution in [1.29, 1.82) is 0 Å². The summed E-state index contributed by atoms with van der Waals surface area (Å²) >= 11 is 0. The smallest absolute Gasteiger partial charge is 0.322 e. The average molecular weight is 476 g/mol. The van der Waals surface area contributed by atoms with Crippen LogP contribution in [0.25, 0.3) is 0 Å². The third-order valence-corrected chi connectivity index (χ3v) is 12.1. The summed E-state index contributed by atoms with van der Waals surface area (Å²) in [4.78, 5) is 22.8. The summed E-state index contributed by atoms with van der Waals surface area (Å²) in [6.45, 7) is 6.67. The van der Waals surface area contributed by atoms with Crippen molar-refractivity contribution in [3.8, 4) is 0 Å². The van der Waals surface area contributed by atoms with Crippen LogP contribution in [0.3, 0.4) is 0 Å². The molecule has 1 amide bonds. The van der Waals surface area contributed by atoms with Gasteiger partial charge in [-0.05, 0) is 110 Å². The maximum atomic E-state index is 12.1. The van der Waals surface area contributed by atoms with E-state index in [1.54, 1.807) is 0 Å². The van der Waals surface area contributed by atoms with Crippen molar-refractivity contribution in [3.05, 3.63) is 0 Å². The van der Waals surface area contributed by atoms with Gasteiger partial charge in [0, 0.05) is 6.42 Å². The number of amides is 1. The first kappa shape index (κ1) is 24.5. The number of hydrogen-bond acceptors (Lipinski definition) is 4. The van der Waals surface area contributed by atoms with Crippen molar-refractivity contribution in [2.75, 3.05) is 6.54 Å².